The molecule has 0 fully saturated rings. The maximum absolute atomic E-state index is 5.84. The Morgan fingerprint density at radius 2 is 2.19 bits per heavy atom. The van der Waals surface area contributed by atoms with Gasteiger partial charge in [0.1, 0.15) is 5.02 Å². The van der Waals surface area contributed by atoms with E-state index >= 15 is 0 Å². The summed E-state index contributed by atoms with van der Waals surface area (Å²) >= 11 is 9.33. The fraction of sp³-hybridized carbons (Fsp3) is 0.333. The van der Waals surface area contributed by atoms with Gasteiger partial charge in [0, 0.05) is 13.2 Å². The first-order valence-electron chi connectivity index (χ1n) is 4.65. The van der Waals surface area contributed by atoms with E-state index in [9.17, 15) is 0 Å². The molecule has 0 amide bonds. The fourth-order valence-corrected chi connectivity index (χ4v) is 2.11. The Bertz CT molecular complexity index is 511. The summed E-state index contributed by atoms with van der Waals surface area (Å²) in [4.78, 5) is 0. The highest BCUT2D eigenvalue weighted by Gasteiger charge is 2.12. The van der Waals surface area contributed by atoms with E-state index in [1.165, 1.54) is 0 Å². The smallest absolute Gasteiger partial charge is 0.164 e. The Morgan fingerprint density at radius 3 is 2.62 bits per heavy atom. The zero-order valence-corrected chi connectivity index (χ0v) is 11.2. The van der Waals surface area contributed by atoms with E-state index in [1.807, 2.05) is 18.7 Å². The SMILES string of the molecule is Cc1nn(C)c(Cn2cc(Cl)c(N)n2)c1Br. The number of aryl methyl sites for hydroxylation is 2. The average molecular weight is 305 g/mol. The molecule has 2 rings (SSSR count). The van der Waals surface area contributed by atoms with Crippen LogP contribution in [0.25, 0.3) is 0 Å². The van der Waals surface area contributed by atoms with E-state index in [-0.39, 0.29) is 0 Å². The Hall–Kier alpha value is -1.01. The number of aromatic nitrogens is 4. The molecule has 0 bridgehead atoms. The molecule has 2 aromatic rings. The van der Waals surface area contributed by atoms with Gasteiger partial charge in [0.25, 0.3) is 0 Å². The molecule has 0 atom stereocenters. The predicted molar refractivity (Wildman–Crippen MR) is 66.4 cm³/mol. The summed E-state index contributed by atoms with van der Waals surface area (Å²) in [6.07, 6.45) is 1.70. The zero-order chi connectivity index (χ0) is 11.9. The lowest BCUT2D eigenvalue weighted by Crippen LogP contribution is -2.06. The van der Waals surface area contributed by atoms with Crippen LogP contribution in [0.1, 0.15) is 11.4 Å². The van der Waals surface area contributed by atoms with E-state index in [0.29, 0.717) is 17.4 Å². The number of nitrogens with two attached hydrogens (primary N) is 1. The third-order valence-electron chi connectivity index (χ3n) is 2.32. The molecule has 0 aromatic carbocycles. The second kappa shape index (κ2) is 4.10. The summed E-state index contributed by atoms with van der Waals surface area (Å²) in [6.45, 7) is 2.52. The molecule has 2 heterocycles. The molecule has 0 unspecified atom stereocenters. The highest BCUT2D eigenvalue weighted by molar-refractivity contribution is 9.10. The van der Waals surface area contributed by atoms with Gasteiger partial charge in [-0.3, -0.25) is 9.36 Å². The molecular weight excluding hydrogens is 293 g/mol. The highest BCUT2D eigenvalue weighted by atomic mass is 79.9. The Kier molecular flexibility index (Phi) is 2.94. The minimum atomic E-state index is 0.344. The fourth-order valence-electron chi connectivity index (χ4n) is 1.50. The van der Waals surface area contributed by atoms with Crippen molar-refractivity contribution in [3.05, 3.63) is 27.1 Å². The number of rotatable bonds is 2. The van der Waals surface area contributed by atoms with Crippen molar-refractivity contribution < 1.29 is 0 Å². The largest absolute Gasteiger partial charge is 0.381 e. The minimum Gasteiger partial charge on any atom is -0.381 e. The Morgan fingerprint density at radius 1 is 1.50 bits per heavy atom. The van der Waals surface area contributed by atoms with Gasteiger partial charge in [0.05, 0.1) is 22.4 Å². The van der Waals surface area contributed by atoms with Crippen LogP contribution < -0.4 is 5.73 Å². The lowest BCUT2D eigenvalue weighted by Gasteiger charge is -2.02. The first-order chi connectivity index (χ1) is 7.49. The molecule has 0 saturated carbocycles. The third kappa shape index (κ3) is 1.94. The quantitative estimate of drug-likeness (QED) is 0.922. The monoisotopic (exact) mass is 303 g/mol. The summed E-state index contributed by atoms with van der Waals surface area (Å²) in [5.74, 6) is 0.344. The van der Waals surface area contributed by atoms with Gasteiger partial charge in [-0.1, -0.05) is 11.6 Å². The van der Waals surface area contributed by atoms with Crippen molar-refractivity contribution in [3.8, 4) is 0 Å². The Labute approximate surface area is 106 Å². The molecule has 16 heavy (non-hydrogen) atoms. The second-order valence-corrected chi connectivity index (χ2v) is 4.73. The van der Waals surface area contributed by atoms with Gasteiger partial charge in [-0.15, -0.1) is 0 Å². The van der Waals surface area contributed by atoms with Crippen molar-refractivity contribution in [3.63, 3.8) is 0 Å². The van der Waals surface area contributed by atoms with Crippen molar-refractivity contribution in [2.24, 2.45) is 7.05 Å². The highest BCUT2D eigenvalue weighted by Crippen LogP contribution is 2.22. The molecule has 2 aromatic heterocycles. The molecule has 0 aliphatic carbocycles. The molecule has 2 N–H and O–H groups in total. The minimum absolute atomic E-state index is 0.344. The van der Waals surface area contributed by atoms with Crippen LogP contribution in [0.3, 0.4) is 0 Å². The van der Waals surface area contributed by atoms with Gasteiger partial charge in [0.15, 0.2) is 5.82 Å². The number of nitrogen functional groups attached to an aromatic ring is 1. The number of hydrogen-bond acceptors (Lipinski definition) is 3. The van der Waals surface area contributed by atoms with Crippen LogP contribution in [0.5, 0.6) is 0 Å². The van der Waals surface area contributed by atoms with Crippen LogP contribution in [0, 0.1) is 6.92 Å². The van der Waals surface area contributed by atoms with Crippen molar-refractivity contribution in [1.82, 2.24) is 19.6 Å². The predicted octanol–water partition coefficient (Wildman–Crippen LogP) is 1.97. The van der Waals surface area contributed by atoms with Crippen molar-refractivity contribution >= 4 is 33.3 Å². The van der Waals surface area contributed by atoms with E-state index in [1.54, 1.807) is 10.9 Å². The number of nitrogens with zero attached hydrogens (tertiary/aromatic N) is 4. The lowest BCUT2D eigenvalue weighted by molar-refractivity contribution is 0.619. The Balaban J connectivity index is 2.33. The molecule has 7 heteroatoms. The molecule has 0 saturated heterocycles. The molecule has 0 aliphatic rings. The summed E-state index contributed by atoms with van der Waals surface area (Å²) in [6, 6.07) is 0. The second-order valence-electron chi connectivity index (χ2n) is 3.53. The number of hydrogen-bond donors (Lipinski definition) is 1. The van der Waals surface area contributed by atoms with Gasteiger partial charge in [-0.05, 0) is 22.9 Å². The van der Waals surface area contributed by atoms with E-state index < -0.39 is 0 Å². The zero-order valence-electron chi connectivity index (χ0n) is 8.91. The molecule has 5 nitrogen and oxygen atoms in total. The first kappa shape index (κ1) is 11.5. The molecule has 0 radical (unpaired) electrons. The van der Waals surface area contributed by atoms with E-state index in [2.05, 4.69) is 26.1 Å². The molecule has 0 aliphatic heterocycles. The van der Waals surface area contributed by atoms with Gasteiger partial charge in [0.2, 0.25) is 0 Å². The van der Waals surface area contributed by atoms with Gasteiger partial charge >= 0.3 is 0 Å². The van der Waals surface area contributed by atoms with E-state index in [0.717, 1.165) is 15.9 Å². The summed E-state index contributed by atoms with van der Waals surface area (Å²) < 4.78 is 4.49. The van der Waals surface area contributed by atoms with Crippen LogP contribution in [0.15, 0.2) is 10.7 Å². The van der Waals surface area contributed by atoms with Crippen molar-refractivity contribution in [2.75, 3.05) is 5.73 Å². The molecule has 0 spiro atoms. The van der Waals surface area contributed by atoms with Crippen LogP contribution >= 0.6 is 27.5 Å². The summed E-state index contributed by atoms with van der Waals surface area (Å²) in [5, 5.41) is 8.87. The average Bonchev–Trinajstić information content (AvgIpc) is 2.63. The van der Waals surface area contributed by atoms with Crippen molar-refractivity contribution in [1.29, 1.82) is 0 Å². The van der Waals surface area contributed by atoms with Crippen LogP contribution in [0.2, 0.25) is 5.02 Å². The standard InChI is InChI=1S/C9H11BrClN5/c1-5-8(10)7(15(2)13-5)4-16-3-6(11)9(12)14-16/h3H,4H2,1-2H3,(H2,12,14). The van der Waals surface area contributed by atoms with Gasteiger partial charge in [-0.25, -0.2) is 0 Å². The topological polar surface area (TPSA) is 61.7 Å². The summed E-state index contributed by atoms with van der Waals surface area (Å²) in [7, 11) is 1.89. The lowest BCUT2D eigenvalue weighted by atomic mass is 10.3. The number of anilines is 1. The molecular formula is C9H11BrClN5. The number of halogens is 2. The van der Waals surface area contributed by atoms with Crippen LogP contribution in [0.4, 0.5) is 5.82 Å². The van der Waals surface area contributed by atoms with Crippen molar-refractivity contribution in [2.45, 2.75) is 13.5 Å². The van der Waals surface area contributed by atoms with Crippen LogP contribution in [-0.2, 0) is 13.6 Å². The summed E-state index contributed by atoms with van der Waals surface area (Å²) in [5.41, 5.74) is 7.55. The maximum atomic E-state index is 5.84. The van der Waals surface area contributed by atoms with E-state index in [4.69, 9.17) is 17.3 Å². The molecule has 86 valence electrons. The van der Waals surface area contributed by atoms with Crippen LogP contribution in [-0.4, -0.2) is 19.6 Å². The maximum Gasteiger partial charge on any atom is 0.164 e. The third-order valence-corrected chi connectivity index (χ3v) is 3.64. The van der Waals surface area contributed by atoms with Gasteiger partial charge < -0.3 is 5.73 Å². The first-order valence-corrected chi connectivity index (χ1v) is 5.82. The normalized spacial score (nSPS) is 11.0. The van der Waals surface area contributed by atoms with Gasteiger partial charge in [-0.2, -0.15) is 10.2 Å².